The molecule has 2 saturated heterocycles. The molecule has 6 heteroatoms. The van der Waals surface area contributed by atoms with Crippen LogP contribution in [0.3, 0.4) is 0 Å². The van der Waals surface area contributed by atoms with Crippen LogP contribution < -0.4 is 5.56 Å². The van der Waals surface area contributed by atoms with Gasteiger partial charge in [0, 0.05) is 73.8 Å². The van der Waals surface area contributed by atoms with Gasteiger partial charge >= 0.3 is 0 Å². The molecule has 5 rings (SSSR count). The molecule has 0 radical (unpaired) electrons. The second kappa shape index (κ2) is 8.47. The van der Waals surface area contributed by atoms with Crippen molar-refractivity contribution in [1.82, 2.24) is 14.4 Å². The third-order valence-corrected chi connectivity index (χ3v) is 8.19. The van der Waals surface area contributed by atoms with Crippen molar-refractivity contribution in [1.29, 1.82) is 0 Å². The topological polar surface area (TPSA) is 45.6 Å². The van der Waals surface area contributed by atoms with Crippen molar-refractivity contribution < 1.29 is 4.79 Å². The van der Waals surface area contributed by atoms with E-state index in [1.54, 1.807) is 24.8 Å². The summed E-state index contributed by atoms with van der Waals surface area (Å²) in [6.07, 6.45) is 5.38. The van der Waals surface area contributed by atoms with Gasteiger partial charge in [0.15, 0.2) is 0 Å². The maximum Gasteiger partial charge on any atom is 0.250 e. The van der Waals surface area contributed by atoms with Crippen LogP contribution >= 0.6 is 11.8 Å². The molecule has 5 nitrogen and oxygen atoms in total. The number of aromatic nitrogens is 1. The van der Waals surface area contributed by atoms with Gasteiger partial charge in [0.2, 0.25) is 5.91 Å². The Balaban J connectivity index is 1.43. The van der Waals surface area contributed by atoms with Gasteiger partial charge in [-0.2, -0.15) is 0 Å². The lowest BCUT2D eigenvalue weighted by molar-refractivity contribution is -0.130. The maximum atomic E-state index is 12.8. The average molecular weight is 438 g/mol. The van der Waals surface area contributed by atoms with E-state index < -0.39 is 0 Å². The Morgan fingerprint density at radius 3 is 2.42 bits per heavy atom. The number of carbonyl (C=O) groups excluding carboxylic acids is 1. The van der Waals surface area contributed by atoms with E-state index in [9.17, 15) is 9.59 Å². The number of hydrogen-bond acceptors (Lipinski definition) is 4. The molecule has 3 aliphatic heterocycles. The van der Waals surface area contributed by atoms with Gasteiger partial charge in [-0.3, -0.25) is 14.5 Å². The molecule has 2 bridgehead atoms. The summed E-state index contributed by atoms with van der Waals surface area (Å²) in [5, 5.41) is 0. The molecule has 2 fully saturated rings. The highest BCUT2D eigenvalue weighted by Gasteiger charge is 2.39. The van der Waals surface area contributed by atoms with Gasteiger partial charge in [0.05, 0.1) is 0 Å². The Morgan fingerprint density at radius 1 is 1.00 bits per heavy atom. The number of nitrogens with zero attached hydrogens (tertiary/aromatic N) is 3. The number of benzene rings is 1. The molecule has 31 heavy (non-hydrogen) atoms. The minimum Gasteiger partial charge on any atom is -0.343 e. The van der Waals surface area contributed by atoms with Gasteiger partial charge in [0.25, 0.3) is 5.56 Å². The second-order valence-electron chi connectivity index (χ2n) is 9.30. The fourth-order valence-electron chi connectivity index (χ4n) is 5.91. The monoisotopic (exact) mass is 437 g/mol. The molecule has 4 heterocycles. The molecular formula is C25H31N3O2S. The van der Waals surface area contributed by atoms with Gasteiger partial charge in [0.1, 0.15) is 0 Å². The normalized spacial score (nSPS) is 24.1. The lowest BCUT2D eigenvalue weighted by atomic mass is 9.79. The lowest BCUT2D eigenvalue weighted by Crippen LogP contribution is -2.53. The highest BCUT2D eigenvalue weighted by Crippen LogP contribution is 2.41. The van der Waals surface area contributed by atoms with Crippen molar-refractivity contribution in [2.45, 2.75) is 49.6 Å². The van der Waals surface area contributed by atoms with Crippen LogP contribution in [0.2, 0.25) is 0 Å². The Bertz CT molecular complexity index is 1020. The average Bonchev–Trinajstić information content (AvgIpc) is 2.80. The minimum atomic E-state index is 0.136. The van der Waals surface area contributed by atoms with Crippen molar-refractivity contribution >= 4 is 17.7 Å². The SMILES string of the molecule is CSc1ccc(-c2ccc(=O)n3c2C2CC(CN(C4CCN(C(C)=O)CC4)C2)C3)cc1. The van der Waals surface area contributed by atoms with E-state index in [1.165, 1.54) is 28.1 Å². The smallest absolute Gasteiger partial charge is 0.250 e. The van der Waals surface area contributed by atoms with Gasteiger partial charge in [-0.1, -0.05) is 12.1 Å². The minimum absolute atomic E-state index is 0.136. The first kappa shape index (κ1) is 20.8. The van der Waals surface area contributed by atoms with E-state index in [0.717, 1.165) is 45.6 Å². The first-order valence-corrected chi connectivity index (χ1v) is 12.6. The first-order chi connectivity index (χ1) is 15.0. The third-order valence-electron chi connectivity index (χ3n) is 7.45. The highest BCUT2D eigenvalue weighted by atomic mass is 32.2. The van der Waals surface area contributed by atoms with Crippen molar-refractivity contribution in [3.05, 3.63) is 52.4 Å². The van der Waals surface area contributed by atoms with Gasteiger partial charge < -0.3 is 9.47 Å². The summed E-state index contributed by atoms with van der Waals surface area (Å²) in [6, 6.07) is 13.1. The molecule has 2 unspecified atom stereocenters. The number of rotatable bonds is 3. The van der Waals surface area contributed by atoms with Gasteiger partial charge in [-0.25, -0.2) is 0 Å². The number of fused-ring (bicyclic) bond motifs is 4. The van der Waals surface area contributed by atoms with Crippen LogP contribution in [0.4, 0.5) is 0 Å². The summed E-state index contributed by atoms with van der Waals surface area (Å²) in [5.74, 6) is 1.12. The van der Waals surface area contributed by atoms with Crippen LogP contribution in [0.15, 0.2) is 46.1 Å². The largest absolute Gasteiger partial charge is 0.343 e. The van der Waals surface area contributed by atoms with E-state index in [-0.39, 0.29) is 11.5 Å². The quantitative estimate of drug-likeness (QED) is 0.688. The summed E-state index contributed by atoms with van der Waals surface area (Å²) < 4.78 is 2.06. The van der Waals surface area contributed by atoms with Gasteiger partial charge in [-0.05, 0) is 55.2 Å². The molecule has 164 valence electrons. The molecule has 0 saturated carbocycles. The summed E-state index contributed by atoms with van der Waals surface area (Å²) in [6.45, 7) is 6.32. The molecular weight excluding hydrogens is 406 g/mol. The number of amides is 1. The highest BCUT2D eigenvalue weighted by molar-refractivity contribution is 7.98. The van der Waals surface area contributed by atoms with E-state index in [2.05, 4.69) is 40.0 Å². The number of likely N-dealkylation sites (tertiary alicyclic amines) is 2. The summed E-state index contributed by atoms with van der Waals surface area (Å²) >= 11 is 1.75. The number of thioether (sulfide) groups is 1. The zero-order valence-corrected chi connectivity index (χ0v) is 19.2. The Morgan fingerprint density at radius 2 is 1.74 bits per heavy atom. The van der Waals surface area contributed by atoms with Crippen LogP contribution in [0.1, 0.15) is 37.8 Å². The van der Waals surface area contributed by atoms with E-state index in [4.69, 9.17) is 0 Å². The Hall–Kier alpha value is -2.05. The fourth-order valence-corrected chi connectivity index (χ4v) is 6.32. The van der Waals surface area contributed by atoms with Crippen LogP contribution in [0.25, 0.3) is 11.1 Å². The molecule has 1 amide bonds. The fraction of sp³-hybridized carbons (Fsp3) is 0.520. The molecule has 0 N–H and O–H groups in total. The molecule has 1 aromatic carbocycles. The van der Waals surface area contributed by atoms with Crippen molar-refractivity contribution in [2.24, 2.45) is 5.92 Å². The lowest BCUT2D eigenvalue weighted by Gasteiger charge is -2.48. The zero-order chi connectivity index (χ0) is 21.5. The Kier molecular flexibility index (Phi) is 5.69. The van der Waals surface area contributed by atoms with Crippen LogP contribution in [0, 0.1) is 5.92 Å². The van der Waals surface area contributed by atoms with Crippen LogP contribution in [-0.4, -0.2) is 58.8 Å². The van der Waals surface area contributed by atoms with Crippen LogP contribution in [-0.2, 0) is 11.3 Å². The molecule has 0 aliphatic carbocycles. The molecule has 2 atom stereocenters. The summed E-state index contributed by atoms with van der Waals surface area (Å²) in [5.41, 5.74) is 3.78. The van der Waals surface area contributed by atoms with Gasteiger partial charge in [-0.15, -0.1) is 11.8 Å². The maximum absolute atomic E-state index is 12.8. The second-order valence-corrected chi connectivity index (χ2v) is 10.2. The van der Waals surface area contributed by atoms with E-state index >= 15 is 0 Å². The predicted octanol–water partition coefficient (Wildman–Crippen LogP) is 3.67. The van der Waals surface area contributed by atoms with Crippen molar-refractivity contribution in [3.8, 4) is 11.1 Å². The summed E-state index contributed by atoms with van der Waals surface area (Å²) in [4.78, 5) is 30.4. The van der Waals surface area contributed by atoms with Crippen molar-refractivity contribution in [2.75, 3.05) is 32.4 Å². The van der Waals surface area contributed by atoms with E-state index in [0.29, 0.717) is 17.9 Å². The number of carbonyl (C=O) groups is 1. The molecule has 2 aromatic rings. The van der Waals surface area contributed by atoms with Crippen molar-refractivity contribution in [3.63, 3.8) is 0 Å². The standard InChI is InChI=1S/C25H31N3O2S/c1-17(29)26-11-9-21(10-12-26)27-14-18-13-20(16-27)25-23(7-8-24(30)28(25)15-18)19-3-5-22(31-2)6-4-19/h3-8,18,20-21H,9-16H2,1-2H3. The van der Waals surface area contributed by atoms with Crippen LogP contribution in [0.5, 0.6) is 0 Å². The molecule has 1 aromatic heterocycles. The number of piperidine rings is 2. The first-order valence-electron chi connectivity index (χ1n) is 11.4. The number of hydrogen-bond donors (Lipinski definition) is 0. The molecule has 0 spiro atoms. The predicted molar refractivity (Wildman–Crippen MR) is 126 cm³/mol. The third kappa shape index (κ3) is 3.96. The number of pyridine rings is 1. The zero-order valence-electron chi connectivity index (χ0n) is 18.4. The van der Waals surface area contributed by atoms with E-state index in [1.807, 2.05) is 11.0 Å². The molecule has 3 aliphatic rings. The summed E-state index contributed by atoms with van der Waals surface area (Å²) in [7, 11) is 0. The Labute approximate surface area is 188 Å².